The summed E-state index contributed by atoms with van der Waals surface area (Å²) in [6, 6.07) is 7.00. The van der Waals surface area contributed by atoms with Gasteiger partial charge in [-0.3, -0.25) is 4.79 Å². The van der Waals surface area contributed by atoms with Crippen molar-refractivity contribution in [3.63, 3.8) is 0 Å². The average molecular weight is 355 g/mol. The van der Waals surface area contributed by atoms with Crippen LogP contribution in [-0.2, 0) is 26.0 Å². The Balaban J connectivity index is 1.66. The van der Waals surface area contributed by atoms with Gasteiger partial charge in [-0.2, -0.15) is 0 Å². The molecule has 1 aliphatic rings. The normalized spacial score (nSPS) is 18.2. The zero-order chi connectivity index (χ0) is 17.4. The highest BCUT2D eigenvalue weighted by Gasteiger charge is 2.17. The number of carbonyl (C=O) groups is 1. The van der Waals surface area contributed by atoms with Crippen LogP contribution in [0.15, 0.2) is 24.3 Å². The fourth-order valence-corrected chi connectivity index (χ4v) is 3.42. The van der Waals surface area contributed by atoms with Crippen molar-refractivity contribution < 1.29 is 17.9 Å². The van der Waals surface area contributed by atoms with Crippen LogP contribution in [0.25, 0.3) is 0 Å². The molecular weight excluding hydrogens is 330 g/mol. The van der Waals surface area contributed by atoms with E-state index in [9.17, 15) is 13.2 Å². The van der Waals surface area contributed by atoms with Crippen molar-refractivity contribution >= 4 is 21.6 Å². The molecule has 1 saturated heterocycles. The summed E-state index contributed by atoms with van der Waals surface area (Å²) in [5.41, 5.74) is 7.05. The topological polar surface area (TPSA) is 111 Å². The first-order valence-electron chi connectivity index (χ1n) is 8.15. The van der Waals surface area contributed by atoms with E-state index in [1.54, 1.807) is 24.3 Å². The van der Waals surface area contributed by atoms with E-state index in [0.29, 0.717) is 18.8 Å². The number of ether oxygens (including phenoxy) is 1. The molecule has 1 fully saturated rings. The Morgan fingerprint density at radius 2 is 2.00 bits per heavy atom. The molecular formula is C16H25N3O4S. The molecule has 2 rings (SSSR count). The lowest BCUT2D eigenvalue weighted by Gasteiger charge is -2.22. The molecule has 24 heavy (non-hydrogen) atoms. The van der Waals surface area contributed by atoms with Crippen LogP contribution in [-0.4, -0.2) is 45.9 Å². The summed E-state index contributed by atoms with van der Waals surface area (Å²) in [7, 11) is -3.42. The number of hydrogen-bond donors (Lipinski definition) is 3. The summed E-state index contributed by atoms with van der Waals surface area (Å²) in [4.78, 5) is 11.8. The van der Waals surface area contributed by atoms with Gasteiger partial charge in [0.15, 0.2) is 0 Å². The van der Waals surface area contributed by atoms with Gasteiger partial charge in [0.1, 0.15) is 0 Å². The first-order chi connectivity index (χ1) is 11.4. The Morgan fingerprint density at radius 1 is 1.25 bits per heavy atom. The third-order valence-electron chi connectivity index (χ3n) is 3.84. The lowest BCUT2D eigenvalue weighted by atomic mass is 10.1. The van der Waals surface area contributed by atoms with E-state index in [1.165, 1.54) is 0 Å². The number of carbonyl (C=O) groups excluding carboxylic acids is 1. The Morgan fingerprint density at radius 3 is 2.67 bits per heavy atom. The quantitative estimate of drug-likeness (QED) is 0.585. The van der Waals surface area contributed by atoms with Gasteiger partial charge in [-0.05, 0) is 37.0 Å². The Kier molecular flexibility index (Phi) is 7.01. The van der Waals surface area contributed by atoms with Crippen LogP contribution in [0.1, 0.15) is 24.8 Å². The predicted molar refractivity (Wildman–Crippen MR) is 92.9 cm³/mol. The second-order valence-electron chi connectivity index (χ2n) is 5.92. The summed E-state index contributed by atoms with van der Waals surface area (Å²) in [5.74, 6) is -0.363. The maximum Gasteiger partial charge on any atom is 0.224 e. The number of benzene rings is 1. The average Bonchev–Trinajstić information content (AvgIpc) is 2.56. The van der Waals surface area contributed by atoms with Crippen LogP contribution >= 0.6 is 0 Å². The van der Waals surface area contributed by atoms with Crippen LogP contribution in [0.2, 0.25) is 0 Å². The van der Waals surface area contributed by atoms with Gasteiger partial charge in [0.05, 0.1) is 18.3 Å². The second-order valence-corrected chi connectivity index (χ2v) is 7.85. The minimum absolute atomic E-state index is 0.0476. The van der Waals surface area contributed by atoms with Gasteiger partial charge in [0.2, 0.25) is 15.9 Å². The molecule has 1 aromatic carbocycles. The van der Waals surface area contributed by atoms with Crippen LogP contribution in [0.4, 0.5) is 5.69 Å². The third kappa shape index (κ3) is 6.86. The van der Waals surface area contributed by atoms with Crippen molar-refractivity contribution in [1.82, 2.24) is 10.0 Å². The number of hydrogen-bond acceptors (Lipinski definition) is 5. The van der Waals surface area contributed by atoms with Crippen LogP contribution < -0.4 is 15.8 Å². The van der Waals surface area contributed by atoms with E-state index in [4.69, 9.17) is 10.5 Å². The second kappa shape index (κ2) is 9.00. The van der Waals surface area contributed by atoms with Gasteiger partial charge >= 0.3 is 0 Å². The molecule has 0 aliphatic carbocycles. The lowest BCUT2D eigenvalue weighted by Crippen LogP contribution is -2.39. The van der Waals surface area contributed by atoms with E-state index >= 15 is 0 Å². The van der Waals surface area contributed by atoms with Crippen molar-refractivity contribution in [2.75, 3.05) is 31.2 Å². The van der Waals surface area contributed by atoms with Crippen molar-refractivity contribution in [2.24, 2.45) is 0 Å². The Hall–Kier alpha value is -1.64. The lowest BCUT2D eigenvalue weighted by molar-refractivity contribution is -0.120. The number of nitrogen functional groups attached to an aromatic ring is 1. The SMILES string of the molecule is Nc1ccc(CC(=O)NCCS(=O)(=O)NCC2CCCCO2)cc1. The summed E-state index contributed by atoms with van der Waals surface area (Å²) in [6.07, 6.45) is 3.12. The zero-order valence-electron chi connectivity index (χ0n) is 13.7. The van der Waals surface area contributed by atoms with Gasteiger partial charge < -0.3 is 15.8 Å². The molecule has 8 heteroatoms. The molecule has 1 aliphatic heterocycles. The molecule has 1 atom stereocenters. The molecule has 1 aromatic rings. The Bertz CT molecular complexity index is 625. The summed E-state index contributed by atoms with van der Waals surface area (Å²) < 4.78 is 31.9. The van der Waals surface area contributed by atoms with Crippen molar-refractivity contribution in [3.8, 4) is 0 Å². The molecule has 0 spiro atoms. The molecule has 4 N–H and O–H groups in total. The van der Waals surface area contributed by atoms with Crippen LogP contribution in [0.5, 0.6) is 0 Å². The van der Waals surface area contributed by atoms with Gasteiger partial charge in [-0.1, -0.05) is 12.1 Å². The maximum absolute atomic E-state index is 11.9. The standard InChI is InChI=1S/C16H25N3O4S/c17-14-6-4-13(5-7-14)11-16(20)18-8-10-24(21,22)19-12-15-3-1-2-9-23-15/h4-7,15,19H,1-3,8-12,17H2,(H,18,20). The molecule has 7 nitrogen and oxygen atoms in total. The van der Waals surface area contributed by atoms with Gasteiger partial charge in [0, 0.05) is 25.4 Å². The van der Waals surface area contributed by atoms with Crippen molar-refractivity contribution in [2.45, 2.75) is 31.8 Å². The van der Waals surface area contributed by atoms with E-state index in [2.05, 4.69) is 10.0 Å². The highest BCUT2D eigenvalue weighted by atomic mass is 32.2. The maximum atomic E-state index is 11.9. The molecule has 0 saturated carbocycles. The number of sulfonamides is 1. The van der Waals surface area contributed by atoms with E-state index < -0.39 is 10.0 Å². The number of anilines is 1. The third-order valence-corrected chi connectivity index (χ3v) is 5.19. The predicted octanol–water partition coefficient (Wildman–Crippen LogP) is 0.416. The van der Waals surface area contributed by atoms with E-state index in [1.807, 2.05) is 0 Å². The summed E-state index contributed by atoms with van der Waals surface area (Å²) >= 11 is 0. The molecule has 0 radical (unpaired) electrons. The Labute approximate surface area is 143 Å². The van der Waals surface area contributed by atoms with E-state index in [0.717, 1.165) is 24.8 Å². The molecule has 1 unspecified atom stereocenters. The number of nitrogens with two attached hydrogens (primary N) is 1. The monoisotopic (exact) mass is 355 g/mol. The number of rotatable bonds is 8. The minimum Gasteiger partial charge on any atom is -0.399 e. The first-order valence-corrected chi connectivity index (χ1v) is 9.80. The summed E-state index contributed by atoms with van der Waals surface area (Å²) in [6.45, 7) is 1.06. The highest BCUT2D eigenvalue weighted by molar-refractivity contribution is 7.89. The molecule has 0 bridgehead atoms. The number of nitrogens with one attached hydrogen (secondary N) is 2. The molecule has 134 valence electrons. The van der Waals surface area contributed by atoms with Crippen LogP contribution in [0, 0.1) is 0 Å². The molecule has 1 heterocycles. The van der Waals surface area contributed by atoms with Crippen molar-refractivity contribution in [1.29, 1.82) is 0 Å². The minimum atomic E-state index is -3.42. The highest BCUT2D eigenvalue weighted by Crippen LogP contribution is 2.11. The molecule has 0 aromatic heterocycles. The zero-order valence-corrected chi connectivity index (χ0v) is 14.5. The fourth-order valence-electron chi connectivity index (χ4n) is 2.47. The van der Waals surface area contributed by atoms with E-state index in [-0.39, 0.29) is 30.7 Å². The summed E-state index contributed by atoms with van der Waals surface area (Å²) in [5, 5.41) is 2.62. The smallest absolute Gasteiger partial charge is 0.224 e. The molecule has 1 amide bonds. The number of amides is 1. The first kappa shape index (κ1) is 18.7. The van der Waals surface area contributed by atoms with Gasteiger partial charge in [0.25, 0.3) is 0 Å². The van der Waals surface area contributed by atoms with Crippen molar-refractivity contribution in [3.05, 3.63) is 29.8 Å². The van der Waals surface area contributed by atoms with Crippen LogP contribution in [0.3, 0.4) is 0 Å². The van der Waals surface area contributed by atoms with Gasteiger partial charge in [-0.25, -0.2) is 13.1 Å². The van der Waals surface area contributed by atoms with Gasteiger partial charge in [-0.15, -0.1) is 0 Å². The fraction of sp³-hybridized carbons (Fsp3) is 0.562. The largest absolute Gasteiger partial charge is 0.399 e.